The number of rotatable bonds is 5. The Bertz CT molecular complexity index is 1230. The molecular formula is C22H21N5O2. The van der Waals surface area contributed by atoms with Crippen molar-refractivity contribution < 1.29 is 4.74 Å². The van der Waals surface area contributed by atoms with Crippen LogP contribution in [0, 0.1) is 13.8 Å². The third-order valence-corrected chi connectivity index (χ3v) is 4.50. The molecule has 0 amide bonds. The third-order valence-electron chi connectivity index (χ3n) is 4.50. The Morgan fingerprint density at radius 2 is 1.83 bits per heavy atom. The number of aromatic amines is 1. The van der Waals surface area contributed by atoms with Crippen LogP contribution in [0.5, 0.6) is 5.75 Å². The Morgan fingerprint density at radius 3 is 2.59 bits per heavy atom. The van der Waals surface area contributed by atoms with E-state index < -0.39 is 0 Å². The zero-order valence-electron chi connectivity index (χ0n) is 16.5. The van der Waals surface area contributed by atoms with Crippen LogP contribution in [0.2, 0.25) is 0 Å². The van der Waals surface area contributed by atoms with Crippen molar-refractivity contribution in [3.05, 3.63) is 70.1 Å². The lowest BCUT2D eigenvalue weighted by Gasteiger charge is -2.11. The third kappa shape index (κ3) is 3.94. The lowest BCUT2D eigenvalue weighted by atomic mass is 10.1. The molecule has 146 valence electrons. The minimum absolute atomic E-state index is 0.259. The Balaban J connectivity index is 1.74. The van der Waals surface area contributed by atoms with Crippen LogP contribution in [0.15, 0.2) is 53.3 Å². The molecule has 0 atom stereocenters. The lowest BCUT2D eigenvalue weighted by Crippen LogP contribution is -2.12. The minimum atomic E-state index is -0.259. The minimum Gasteiger partial charge on any atom is -0.492 e. The van der Waals surface area contributed by atoms with Crippen LogP contribution in [0.4, 0.5) is 11.9 Å². The van der Waals surface area contributed by atoms with Crippen molar-refractivity contribution in [3.63, 3.8) is 0 Å². The smallest absolute Gasteiger partial charge is 0.252 e. The molecule has 0 unspecified atom stereocenters. The Hall–Kier alpha value is -3.74. The molecule has 0 aliphatic heterocycles. The van der Waals surface area contributed by atoms with Gasteiger partial charge in [0.2, 0.25) is 11.9 Å². The molecule has 0 radical (unpaired) electrons. The highest BCUT2D eigenvalue weighted by Gasteiger charge is 2.11. The van der Waals surface area contributed by atoms with Gasteiger partial charge in [-0.25, -0.2) is 15.0 Å². The predicted molar refractivity (Wildman–Crippen MR) is 114 cm³/mol. The van der Waals surface area contributed by atoms with Gasteiger partial charge in [0, 0.05) is 17.0 Å². The number of nitrogens with zero attached hydrogens (tertiary/aromatic N) is 3. The summed E-state index contributed by atoms with van der Waals surface area (Å²) in [5.41, 5.74) is 3.83. The standard InChI is InChI=1S/C22H21N5O2/c1-4-29-18-7-5-6-16-14(3)23-21(26-20(16)18)27-22-24-17(12-19(28)25-22)15-10-8-13(2)9-11-15/h5-12H,4H2,1-3H3,(H2,23,24,25,26,27,28). The summed E-state index contributed by atoms with van der Waals surface area (Å²) in [5.74, 6) is 1.31. The number of aromatic nitrogens is 4. The molecule has 29 heavy (non-hydrogen) atoms. The zero-order chi connectivity index (χ0) is 20.4. The second-order valence-electron chi connectivity index (χ2n) is 6.69. The molecule has 0 saturated heterocycles. The first kappa shape index (κ1) is 18.6. The van der Waals surface area contributed by atoms with E-state index in [1.165, 1.54) is 6.07 Å². The molecule has 4 rings (SSSR count). The first-order chi connectivity index (χ1) is 14.0. The molecule has 0 saturated carbocycles. The maximum atomic E-state index is 12.2. The van der Waals surface area contributed by atoms with Gasteiger partial charge in [0.1, 0.15) is 11.3 Å². The molecule has 2 N–H and O–H groups in total. The summed E-state index contributed by atoms with van der Waals surface area (Å²) in [6, 6.07) is 15.1. The second kappa shape index (κ2) is 7.71. The van der Waals surface area contributed by atoms with Crippen LogP contribution >= 0.6 is 0 Å². The van der Waals surface area contributed by atoms with Gasteiger partial charge in [0.25, 0.3) is 5.56 Å². The number of ether oxygens (including phenoxy) is 1. The van der Waals surface area contributed by atoms with Gasteiger partial charge in [-0.05, 0) is 26.8 Å². The maximum Gasteiger partial charge on any atom is 0.252 e. The Labute approximate surface area is 167 Å². The number of aryl methyl sites for hydroxylation is 2. The Kier molecular flexibility index (Phi) is 4.95. The number of benzene rings is 2. The molecular weight excluding hydrogens is 366 g/mol. The van der Waals surface area contributed by atoms with Crippen molar-refractivity contribution in [2.75, 3.05) is 11.9 Å². The average molecular weight is 387 g/mol. The lowest BCUT2D eigenvalue weighted by molar-refractivity contribution is 0.343. The zero-order valence-corrected chi connectivity index (χ0v) is 16.5. The topological polar surface area (TPSA) is 92.8 Å². The SMILES string of the molecule is CCOc1cccc2c(C)nc(Nc3nc(-c4ccc(C)cc4)cc(=O)[nH]3)nc12. The summed E-state index contributed by atoms with van der Waals surface area (Å²) in [6.07, 6.45) is 0. The normalized spacial score (nSPS) is 10.9. The van der Waals surface area contributed by atoms with E-state index in [4.69, 9.17) is 4.74 Å². The summed E-state index contributed by atoms with van der Waals surface area (Å²) < 4.78 is 5.69. The maximum absolute atomic E-state index is 12.2. The monoisotopic (exact) mass is 387 g/mol. The van der Waals surface area contributed by atoms with E-state index in [-0.39, 0.29) is 11.5 Å². The van der Waals surface area contributed by atoms with E-state index in [1.807, 2.05) is 63.2 Å². The number of nitrogens with one attached hydrogen (secondary N) is 2. The average Bonchev–Trinajstić information content (AvgIpc) is 2.69. The fourth-order valence-corrected chi connectivity index (χ4v) is 3.10. The summed E-state index contributed by atoms with van der Waals surface area (Å²) in [4.78, 5) is 28.5. The van der Waals surface area contributed by atoms with Crippen molar-refractivity contribution >= 4 is 22.8 Å². The molecule has 4 aromatic rings. The number of hydrogen-bond donors (Lipinski definition) is 2. The summed E-state index contributed by atoms with van der Waals surface area (Å²) in [7, 11) is 0. The van der Waals surface area contributed by atoms with Gasteiger partial charge in [0.15, 0.2) is 0 Å². The van der Waals surface area contributed by atoms with Crippen LogP contribution in [-0.4, -0.2) is 26.5 Å². The highest BCUT2D eigenvalue weighted by Crippen LogP contribution is 2.27. The quantitative estimate of drug-likeness (QED) is 0.535. The molecule has 2 heterocycles. The van der Waals surface area contributed by atoms with Gasteiger partial charge < -0.3 is 4.74 Å². The van der Waals surface area contributed by atoms with E-state index in [0.717, 1.165) is 22.2 Å². The highest BCUT2D eigenvalue weighted by atomic mass is 16.5. The fraction of sp³-hybridized carbons (Fsp3) is 0.182. The van der Waals surface area contributed by atoms with Gasteiger partial charge in [-0.3, -0.25) is 15.1 Å². The first-order valence-corrected chi connectivity index (χ1v) is 9.39. The van der Waals surface area contributed by atoms with Gasteiger partial charge in [0.05, 0.1) is 18.0 Å². The summed E-state index contributed by atoms with van der Waals surface area (Å²) in [5, 5.41) is 3.94. The van der Waals surface area contributed by atoms with Crippen LogP contribution in [0.3, 0.4) is 0 Å². The van der Waals surface area contributed by atoms with Crippen molar-refractivity contribution in [1.29, 1.82) is 0 Å². The van der Waals surface area contributed by atoms with Crippen LogP contribution in [0.25, 0.3) is 22.2 Å². The number of para-hydroxylation sites is 1. The van der Waals surface area contributed by atoms with E-state index in [0.29, 0.717) is 29.5 Å². The number of anilines is 2. The van der Waals surface area contributed by atoms with Gasteiger partial charge in [-0.1, -0.05) is 42.0 Å². The van der Waals surface area contributed by atoms with E-state index >= 15 is 0 Å². The molecule has 2 aromatic carbocycles. The number of H-pyrrole nitrogens is 1. The summed E-state index contributed by atoms with van der Waals surface area (Å²) in [6.45, 7) is 6.39. The van der Waals surface area contributed by atoms with Gasteiger partial charge >= 0.3 is 0 Å². The van der Waals surface area contributed by atoms with Crippen LogP contribution < -0.4 is 15.6 Å². The number of hydrogen-bond acceptors (Lipinski definition) is 6. The predicted octanol–water partition coefficient (Wildman–Crippen LogP) is 4.14. The largest absolute Gasteiger partial charge is 0.492 e. The molecule has 0 fully saturated rings. The molecule has 2 aromatic heterocycles. The van der Waals surface area contributed by atoms with E-state index in [2.05, 4.69) is 25.3 Å². The van der Waals surface area contributed by atoms with Gasteiger partial charge in [-0.15, -0.1) is 0 Å². The second-order valence-corrected chi connectivity index (χ2v) is 6.69. The van der Waals surface area contributed by atoms with Crippen molar-refractivity contribution in [2.45, 2.75) is 20.8 Å². The molecule has 0 aliphatic rings. The van der Waals surface area contributed by atoms with E-state index in [1.54, 1.807) is 0 Å². The fourth-order valence-electron chi connectivity index (χ4n) is 3.10. The first-order valence-electron chi connectivity index (χ1n) is 9.39. The molecule has 0 bridgehead atoms. The van der Waals surface area contributed by atoms with Crippen LogP contribution in [0.1, 0.15) is 18.2 Å². The Morgan fingerprint density at radius 1 is 1.03 bits per heavy atom. The highest BCUT2D eigenvalue weighted by molar-refractivity contribution is 5.87. The van der Waals surface area contributed by atoms with Crippen molar-refractivity contribution in [2.24, 2.45) is 0 Å². The molecule has 7 nitrogen and oxygen atoms in total. The number of fused-ring (bicyclic) bond motifs is 1. The summed E-state index contributed by atoms with van der Waals surface area (Å²) >= 11 is 0. The van der Waals surface area contributed by atoms with Gasteiger partial charge in [-0.2, -0.15) is 0 Å². The van der Waals surface area contributed by atoms with Crippen molar-refractivity contribution in [1.82, 2.24) is 19.9 Å². The van der Waals surface area contributed by atoms with E-state index in [9.17, 15) is 4.79 Å². The molecule has 0 spiro atoms. The molecule has 7 heteroatoms. The van der Waals surface area contributed by atoms with Crippen molar-refractivity contribution in [3.8, 4) is 17.0 Å². The molecule has 0 aliphatic carbocycles. The van der Waals surface area contributed by atoms with Crippen LogP contribution in [-0.2, 0) is 0 Å².